The van der Waals surface area contributed by atoms with E-state index in [-0.39, 0.29) is 40.0 Å². The smallest absolute Gasteiger partial charge is 0.341 e. The molecule has 0 atom stereocenters. The number of hydrogen-bond acceptors (Lipinski definition) is 3. The van der Waals surface area contributed by atoms with Crippen LogP contribution in [-0.4, -0.2) is 22.0 Å². The van der Waals surface area contributed by atoms with Crippen molar-refractivity contribution in [3.63, 3.8) is 0 Å². The summed E-state index contributed by atoms with van der Waals surface area (Å²) in [5, 5.41) is 11.4. The fourth-order valence-corrected chi connectivity index (χ4v) is 2.98. The van der Waals surface area contributed by atoms with Gasteiger partial charge in [-0.3, -0.25) is 9.59 Å². The van der Waals surface area contributed by atoms with E-state index in [1.54, 1.807) is 6.07 Å². The minimum absolute atomic E-state index is 0.0168. The Morgan fingerprint density at radius 1 is 1.18 bits per heavy atom. The first kappa shape index (κ1) is 19.5. The van der Waals surface area contributed by atoms with Crippen LogP contribution in [0.3, 0.4) is 0 Å². The van der Waals surface area contributed by atoms with Gasteiger partial charge in [-0.2, -0.15) is 0 Å². The number of H-pyrrole nitrogens is 1. The van der Waals surface area contributed by atoms with Crippen molar-refractivity contribution in [3.8, 4) is 0 Å². The molecule has 1 aromatic heterocycles. The van der Waals surface area contributed by atoms with Crippen LogP contribution < -0.4 is 10.9 Å². The van der Waals surface area contributed by atoms with Gasteiger partial charge < -0.3 is 15.4 Å². The predicted molar refractivity (Wildman–Crippen MR) is 98.4 cm³/mol. The van der Waals surface area contributed by atoms with E-state index in [0.717, 1.165) is 6.07 Å². The summed E-state index contributed by atoms with van der Waals surface area (Å²) in [5.74, 6) is -3.41. The predicted octanol–water partition coefficient (Wildman–Crippen LogP) is 3.02. The molecular formula is C19H13ClF2N2O4. The Kier molecular flexibility index (Phi) is 5.41. The van der Waals surface area contributed by atoms with Crippen molar-refractivity contribution in [3.05, 3.63) is 80.1 Å². The van der Waals surface area contributed by atoms with Gasteiger partial charge in [0.15, 0.2) is 0 Å². The van der Waals surface area contributed by atoms with Crippen LogP contribution in [0.5, 0.6) is 0 Å². The quantitative estimate of drug-likeness (QED) is 0.606. The summed E-state index contributed by atoms with van der Waals surface area (Å²) in [5.41, 5.74) is -1.36. The van der Waals surface area contributed by atoms with Gasteiger partial charge in [-0.1, -0.05) is 29.8 Å². The molecule has 144 valence electrons. The van der Waals surface area contributed by atoms with Crippen LogP contribution in [-0.2, 0) is 17.8 Å². The maximum absolute atomic E-state index is 14.5. The van der Waals surface area contributed by atoms with Crippen LogP contribution >= 0.6 is 11.6 Å². The number of aromatic nitrogens is 1. The lowest BCUT2D eigenvalue weighted by Crippen LogP contribution is -2.26. The minimum Gasteiger partial charge on any atom is -0.477 e. The summed E-state index contributed by atoms with van der Waals surface area (Å²) >= 11 is 5.85. The summed E-state index contributed by atoms with van der Waals surface area (Å²) in [6.07, 6.45) is -0.257. The average Bonchev–Trinajstić information content (AvgIpc) is 2.64. The average molecular weight is 407 g/mol. The third-order valence-electron chi connectivity index (χ3n) is 4.13. The van der Waals surface area contributed by atoms with E-state index in [1.165, 1.54) is 24.3 Å². The lowest BCUT2D eigenvalue weighted by atomic mass is 10.1. The van der Waals surface area contributed by atoms with Crippen molar-refractivity contribution < 1.29 is 23.5 Å². The number of carboxylic acids is 1. The fourth-order valence-electron chi connectivity index (χ4n) is 2.75. The van der Waals surface area contributed by atoms with Crippen LogP contribution in [0.25, 0.3) is 10.9 Å². The van der Waals surface area contributed by atoms with Gasteiger partial charge >= 0.3 is 5.97 Å². The van der Waals surface area contributed by atoms with Crippen LogP contribution in [0.2, 0.25) is 5.02 Å². The first-order chi connectivity index (χ1) is 13.3. The van der Waals surface area contributed by atoms with Gasteiger partial charge in [0.2, 0.25) is 5.91 Å². The van der Waals surface area contributed by atoms with Crippen molar-refractivity contribution in [2.45, 2.75) is 13.0 Å². The molecule has 1 amide bonds. The molecular weight excluding hydrogens is 394 g/mol. The zero-order valence-corrected chi connectivity index (χ0v) is 14.9. The number of fused-ring (bicyclic) bond motifs is 1. The van der Waals surface area contributed by atoms with Gasteiger partial charge in [-0.15, -0.1) is 0 Å². The minimum atomic E-state index is -1.44. The first-order valence-corrected chi connectivity index (χ1v) is 8.43. The number of carbonyl (C=O) groups is 2. The van der Waals surface area contributed by atoms with Crippen LogP contribution in [0, 0.1) is 11.6 Å². The van der Waals surface area contributed by atoms with E-state index in [2.05, 4.69) is 10.3 Å². The normalized spacial score (nSPS) is 10.8. The van der Waals surface area contributed by atoms with Gasteiger partial charge in [0.05, 0.1) is 17.0 Å². The van der Waals surface area contributed by atoms with Gasteiger partial charge in [-0.25, -0.2) is 13.6 Å². The number of halogens is 3. The SMILES string of the molecule is O=C(Cc1ccccc1F)NCc1c(F)c(Cl)cc2cc(C(=O)O)c(=O)[nH]c12. The number of amides is 1. The second-order valence-electron chi connectivity index (χ2n) is 5.98. The highest BCUT2D eigenvalue weighted by atomic mass is 35.5. The third kappa shape index (κ3) is 3.86. The third-order valence-corrected chi connectivity index (χ3v) is 4.41. The van der Waals surface area contributed by atoms with E-state index in [9.17, 15) is 23.2 Å². The number of carbonyl (C=O) groups excluding carboxylic acids is 1. The second-order valence-corrected chi connectivity index (χ2v) is 6.38. The zero-order chi connectivity index (χ0) is 20.4. The Hall–Kier alpha value is -3.26. The van der Waals surface area contributed by atoms with E-state index in [4.69, 9.17) is 16.7 Å². The second kappa shape index (κ2) is 7.77. The molecule has 0 aliphatic rings. The molecule has 0 spiro atoms. The molecule has 3 N–H and O–H groups in total. The van der Waals surface area contributed by atoms with E-state index in [1.807, 2.05) is 0 Å². The van der Waals surface area contributed by atoms with Crippen LogP contribution in [0.4, 0.5) is 8.78 Å². The van der Waals surface area contributed by atoms with Gasteiger partial charge in [0.1, 0.15) is 17.2 Å². The Morgan fingerprint density at radius 3 is 2.57 bits per heavy atom. The summed E-state index contributed by atoms with van der Waals surface area (Å²) < 4.78 is 28.1. The molecule has 3 aromatic rings. The Labute approximate surface area is 161 Å². The summed E-state index contributed by atoms with van der Waals surface area (Å²) in [6, 6.07) is 8.01. The number of pyridine rings is 1. The van der Waals surface area contributed by atoms with Crippen molar-refractivity contribution in [1.29, 1.82) is 0 Å². The molecule has 0 saturated heterocycles. The number of carboxylic acid groups (broad SMARTS) is 1. The van der Waals surface area contributed by atoms with E-state index < -0.39 is 34.6 Å². The number of aromatic amines is 1. The molecule has 28 heavy (non-hydrogen) atoms. The number of aromatic carboxylic acids is 1. The van der Waals surface area contributed by atoms with Gasteiger partial charge in [0.25, 0.3) is 5.56 Å². The lowest BCUT2D eigenvalue weighted by molar-refractivity contribution is -0.120. The largest absolute Gasteiger partial charge is 0.477 e. The maximum Gasteiger partial charge on any atom is 0.341 e. The molecule has 0 unspecified atom stereocenters. The van der Waals surface area contributed by atoms with Crippen molar-refractivity contribution in [1.82, 2.24) is 10.3 Å². The molecule has 9 heteroatoms. The highest BCUT2D eigenvalue weighted by Gasteiger charge is 2.18. The molecule has 0 radical (unpaired) electrons. The Morgan fingerprint density at radius 2 is 1.89 bits per heavy atom. The van der Waals surface area contributed by atoms with Crippen molar-refractivity contribution in [2.24, 2.45) is 0 Å². The standard InChI is InChI=1S/C19H13ClF2N2O4/c20-13-6-10-5-11(19(27)28)18(26)24-17(10)12(16(13)22)8-23-15(25)7-9-3-1-2-4-14(9)21/h1-6H,7-8H2,(H,23,25)(H,24,26)(H,27,28). The lowest BCUT2D eigenvalue weighted by Gasteiger charge is -2.12. The molecule has 1 heterocycles. The summed E-state index contributed by atoms with van der Waals surface area (Å²) in [6.45, 7) is -0.335. The summed E-state index contributed by atoms with van der Waals surface area (Å²) in [7, 11) is 0. The Bertz CT molecular complexity index is 1160. The molecule has 3 rings (SSSR count). The molecule has 0 aliphatic heterocycles. The topological polar surface area (TPSA) is 99.3 Å². The molecule has 0 aliphatic carbocycles. The van der Waals surface area contributed by atoms with Gasteiger partial charge in [0, 0.05) is 17.5 Å². The molecule has 0 bridgehead atoms. The van der Waals surface area contributed by atoms with E-state index in [0.29, 0.717) is 0 Å². The van der Waals surface area contributed by atoms with Crippen LogP contribution in [0.1, 0.15) is 21.5 Å². The monoisotopic (exact) mass is 406 g/mol. The molecule has 0 fully saturated rings. The number of rotatable bonds is 5. The number of benzene rings is 2. The highest BCUT2D eigenvalue weighted by molar-refractivity contribution is 6.31. The van der Waals surface area contributed by atoms with Crippen LogP contribution in [0.15, 0.2) is 41.2 Å². The van der Waals surface area contributed by atoms with E-state index >= 15 is 0 Å². The van der Waals surface area contributed by atoms with Crippen molar-refractivity contribution in [2.75, 3.05) is 0 Å². The highest BCUT2D eigenvalue weighted by Crippen LogP contribution is 2.26. The first-order valence-electron chi connectivity index (χ1n) is 8.05. The fraction of sp³-hybridized carbons (Fsp3) is 0.105. The molecule has 6 nitrogen and oxygen atoms in total. The maximum atomic E-state index is 14.5. The molecule has 0 saturated carbocycles. The number of hydrogen-bond donors (Lipinski definition) is 3. The summed E-state index contributed by atoms with van der Waals surface area (Å²) in [4.78, 5) is 37.4. The van der Waals surface area contributed by atoms with Gasteiger partial charge in [-0.05, 0) is 23.8 Å². The number of nitrogens with one attached hydrogen (secondary N) is 2. The Balaban J connectivity index is 1.92. The van der Waals surface area contributed by atoms with Crippen molar-refractivity contribution >= 4 is 34.4 Å². The zero-order valence-electron chi connectivity index (χ0n) is 14.2. The molecule has 2 aromatic carbocycles.